The first-order valence-corrected chi connectivity index (χ1v) is 10.6. The van der Waals surface area contributed by atoms with Gasteiger partial charge in [0, 0.05) is 18.1 Å². The van der Waals surface area contributed by atoms with Crippen molar-refractivity contribution in [3.05, 3.63) is 22.2 Å². The van der Waals surface area contributed by atoms with Crippen molar-refractivity contribution in [2.75, 3.05) is 5.73 Å². The molecule has 14 nitrogen and oxygen atoms in total. The number of rotatable bonds is 9. The number of aliphatic imine (C=N–C) groups is 1. The first-order chi connectivity index (χ1) is 16.5. The second-order valence-electron chi connectivity index (χ2n) is 7.99. The van der Waals surface area contributed by atoms with Gasteiger partial charge in [-0.25, -0.2) is 19.0 Å². The van der Waals surface area contributed by atoms with E-state index in [1.807, 2.05) is 5.32 Å². The van der Waals surface area contributed by atoms with Crippen molar-refractivity contribution in [2.45, 2.75) is 50.9 Å². The highest BCUT2D eigenvalue weighted by Gasteiger charge is 2.42. The number of halogens is 1. The van der Waals surface area contributed by atoms with E-state index >= 15 is 0 Å². The summed E-state index contributed by atoms with van der Waals surface area (Å²) in [5.74, 6) is -8.16. The lowest BCUT2D eigenvalue weighted by atomic mass is 9.87. The monoisotopic (exact) mass is 492 g/mol. The summed E-state index contributed by atoms with van der Waals surface area (Å²) in [6.45, 7) is 0.0134. The Morgan fingerprint density at radius 1 is 1.34 bits per heavy atom. The van der Waals surface area contributed by atoms with Gasteiger partial charge in [0.25, 0.3) is 5.79 Å². The fourth-order valence-corrected chi connectivity index (χ4v) is 3.72. The number of nitrogens with one attached hydrogen (secondary N) is 2. The van der Waals surface area contributed by atoms with Gasteiger partial charge in [0.1, 0.15) is 6.54 Å². The van der Waals surface area contributed by atoms with E-state index in [9.17, 15) is 28.4 Å². The molecule has 1 unspecified atom stereocenters. The van der Waals surface area contributed by atoms with Gasteiger partial charge in [0.2, 0.25) is 23.2 Å². The van der Waals surface area contributed by atoms with Crippen LogP contribution in [0.5, 0.6) is 0 Å². The third kappa shape index (κ3) is 5.80. The number of aliphatic carboxylic acids is 2. The Kier molecular flexibility index (Phi) is 7.46. The molecule has 0 saturated heterocycles. The van der Waals surface area contributed by atoms with E-state index in [0.717, 1.165) is 4.57 Å². The molecule has 1 saturated carbocycles. The Morgan fingerprint density at radius 3 is 2.63 bits per heavy atom. The minimum atomic E-state index is -3.17. The predicted molar refractivity (Wildman–Crippen MR) is 116 cm³/mol. The first-order valence-electron chi connectivity index (χ1n) is 10.6. The van der Waals surface area contributed by atoms with Crippen molar-refractivity contribution >= 4 is 47.1 Å². The van der Waals surface area contributed by atoms with E-state index in [1.165, 1.54) is 6.20 Å². The molecule has 1 amide bonds. The van der Waals surface area contributed by atoms with Crippen LogP contribution in [0.25, 0.3) is 11.2 Å². The zero-order chi connectivity index (χ0) is 25.8. The lowest BCUT2D eigenvalue weighted by molar-refractivity contribution is -0.534. The summed E-state index contributed by atoms with van der Waals surface area (Å²) in [5.41, 5.74) is 5.80. The molecule has 1 fully saturated rings. The molecule has 6 N–H and O–H groups in total. The van der Waals surface area contributed by atoms with Crippen LogP contribution in [0.4, 0.5) is 10.3 Å². The van der Waals surface area contributed by atoms with Crippen LogP contribution >= 0.6 is 0 Å². The highest BCUT2D eigenvalue weighted by molar-refractivity contribution is 5.90. The molecule has 2 aromatic rings. The largest absolute Gasteiger partial charge is 0.481 e. The molecule has 35 heavy (non-hydrogen) atoms. The zero-order valence-corrected chi connectivity index (χ0v) is 18.4. The number of hydrogen-bond donors (Lipinski definition) is 5. The topological polar surface area (TPSA) is 222 Å². The minimum Gasteiger partial charge on any atom is -0.481 e. The number of nitrogens with two attached hydrogens (primary N) is 1. The number of carboxylic acids is 2. The predicted octanol–water partition coefficient (Wildman–Crippen LogP) is -0.911. The molecule has 0 aromatic carbocycles. The van der Waals surface area contributed by atoms with E-state index in [0.29, 0.717) is 30.7 Å². The van der Waals surface area contributed by atoms with Crippen LogP contribution in [0.2, 0.25) is 0 Å². The van der Waals surface area contributed by atoms with E-state index < -0.39 is 48.0 Å². The minimum absolute atomic E-state index is 0.00470. The third-order valence-corrected chi connectivity index (χ3v) is 5.63. The van der Waals surface area contributed by atoms with Crippen molar-refractivity contribution in [3.8, 4) is 0 Å². The van der Waals surface area contributed by atoms with E-state index in [4.69, 9.17) is 15.9 Å². The highest BCUT2D eigenvalue weighted by Crippen LogP contribution is 2.25. The van der Waals surface area contributed by atoms with Crippen LogP contribution in [-0.4, -0.2) is 60.9 Å². The lowest BCUT2D eigenvalue weighted by Crippen LogP contribution is -2.53. The quantitative estimate of drug-likeness (QED) is 0.165. The molecular formula is C20H23FN7O7+. The van der Waals surface area contributed by atoms with Crippen molar-refractivity contribution < 1.29 is 38.3 Å². The van der Waals surface area contributed by atoms with E-state index in [1.54, 1.807) is 0 Å². The van der Waals surface area contributed by atoms with Gasteiger partial charge in [-0.05, 0) is 25.7 Å². The van der Waals surface area contributed by atoms with Crippen molar-refractivity contribution in [1.82, 2.24) is 20.3 Å². The summed E-state index contributed by atoms with van der Waals surface area (Å²) >= 11 is 0. The summed E-state index contributed by atoms with van der Waals surface area (Å²) < 4.78 is 15.7. The van der Waals surface area contributed by atoms with Crippen LogP contribution in [0.1, 0.15) is 44.2 Å². The second-order valence-corrected chi connectivity index (χ2v) is 7.99. The molecular weight excluding hydrogens is 469 g/mol. The van der Waals surface area contributed by atoms with Gasteiger partial charge >= 0.3 is 29.4 Å². The number of alkyl halides is 1. The molecule has 0 radical (unpaired) electrons. The van der Waals surface area contributed by atoms with Crippen molar-refractivity contribution in [3.63, 3.8) is 0 Å². The standard InChI is InChI=1S/C20H22FN7O7/c21-20(18(34)35,6-5-13(30)31)27-16(32)10-1-3-11(4-2-10)23-7-12-8-24-15-14(28(12)9-29)17(33)26-19(22)25-15/h8-10H,1-7H2,(H5-,22,24,25,26,27,30,31,32,33,34,35)/p+1. The number of H-pyrrole nitrogens is 1. The highest BCUT2D eigenvalue weighted by atomic mass is 19.1. The molecule has 2 heterocycles. The average molecular weight is 492 g/mol. The van der Waals surface area contributed by atoms with Gasteiger partial charge in [0.15, 0.2) is 0 Å². The van der Waals surface area contributed by atoms with Crippen LogP contribution < -0.4 is 21.2 Å². The van der Waals surface area contributed by atoms with E-state index in [2.05, 4.69) is 19.9 Å². The maximum Gasteiger partial charge on any atom is 0.381 e. The van der Waals surface area contributed by atoms with Crippen molar-refractivity contribution in [2.24, 2.45) is 10.9 Å². The lowest BCUT2D eigenvalue weighted by Gasteiger charge is -2.27. The number of nitrogen functional groups attached to an aromatic ring is 1. The molecule has 0 bridgehead atoms. The summed E-state index contributed by atoms with van der Waals surface area (Å²) in [6.07, 6.45) is 1.38. The average Bonchev–Trinajstić information content (AvgIpc) is 2.81. The molecule has 0 spiro atoms. The third-order valence-electron chi connectivity index (χ3n) is 5.63. The summed E-state index contributed by atoms with van der Waals surface area (Å²) in [4.78, 5) is 72.8. The van der Waals surface area contributed by atoms with E-state index in [-0.39, 0.29) is 36.5 Å². The SMILES string of the molecule is Nc1nc2ncc(CN=C3CCC(C(=O)NC(F)(CCC(=O)O)C(=O)O)CC3)[n+](C=O)c2c(=O)[nH]1. The maximum absolute atomic E-state index is 14.6. The molecule has 1 aliphatic carbocycles. The van der Waals surface area contributed by atoms with Gasteiger partial charge in [0.05, 0.1) is 12.6 Å². The first kappa shape index (κ1) is 25.3. The number of carboxylic acid groups (broad SMARTS) is 2. The molecule has 3 rings (SSSR count). The number of nitrogens with zero attached hydrogens (tertiary/aromatic N) is 4. The molecule has 1 atom stereocenters. The fraction of sp³-hybridized carbons (Fsp3) is 0.450. The number of amides is 1. The molecule has 15 heteroatoms. The Hall–Kier alpha value is -4.30. The molecule has 2 aromatic heterocycles. The van der Waals surface area contributed by atoms with Crippen LogP contribution in [-0.2, 0) is 25.7 Å². The van der Waals surface area contributed by atoms with Gasteiger partial charge in [-0.1, -0.05) is 0 Å². The normalized spacial score (nSPS) is 17.4. The van der Waals surface area contributed by atoms with Gasteiger partial charge in [-0.3, -0.25) is 24.4 Å². The Bertz CT molecular complexity index is 1270. The molecule has 0 aliphatic heterocycles. The smallest absolute Gasteiger partial charge is 0.381 e. The second kappa shape index (κ2) is 10.3. The fourth-order valence-electron chi connectivity index (χ4n) is 3.72. The Labute approximate surface area is 196 Å². The van der Waals surface area contributed by atoms with Gasteiger partial charge in [-0.2, -0.15) is 4.98 Å². The summed E-state index contributed by atoms with van der Waals surface area (Å²) in [6, 6.07) is 0. The number of hydrogen-bond acceptors (Lipinski definition) is 9. The maximum atomic E-state index is 14.6. The Balaban J connectivity index is 1.66. The molecule has 1 aliphatic rings. The number of carbonyl (C=O) groups excluding carboxylic acids is 2. The van der Waals surface area contributed by atoms with Crippen LogP contribution in [0.15, 0.2) is 16.0 Å². The van der Waals surface area contributed by atoms with Crippen molar-refractivity contribution in [1.29, 1.82) is 0 Å². The Morgan fingerprint density at radius 2 is 2.03 bits per heavy atom. The number of carbonyl (C=O) groups is 4. The van der Waals surface area contributed by atoms with Gasteiger partial charge < -0.3 is 21.3 Å². The number of fused-ring (bicyclic) bond motifs is 1. The molecule has 186 valence electrons. The summed E-state index contributed by atoms with van der Waals surface area (Å²) in [5, 5.41) is 19.6. The van der Waals surface area contributed by atoms with Gasteiger partial charge in [-0.15, -0.1) is 4.57 Å². The number of aromatic nitrogens is 4. The van der Waals surface area contributed by atoms with Crippen LogP contribution in [0, 0.1) is 5.92 Å². The van der Waals surface area contributed by atoms with Crippen LogP contribution in [0.3, 0.4) is 0 Å². The zero-order valence-electron chi connectivity index (χ0n) is 18.4. The number of anilines is 1. The number of aromatic amines is 1. The summed E-state index contributed by atoms with van der Waals surface area (Å²) in [7, 11) is 0.